The van der Waals surface area contributed by atoms with Crippen LogP contribution in [0.2, 0.25) is 0 Å². The first kappa shape index (κ1) is 14.2. The van der Waals surface area contributed by atoms with Crippen LogP contribution in [0.5, 0.6) is 0 Å². The molecule has 1 aromatic rings. The minimum atomic E-state index is -0.982. The summed E-state index contributed by atoms with van der Waals surface area (Å²) in [5.74, 6) is -0.730. The Kier molecular flexibility index (Phi) is 4.88. The van der Waals surface area contributed by atoms with E-state index >= 15 is 0 Å². The van der Waals surface area contributed by atoms with Crippen LogP contribution in [0, 0.1) is 5.92 Å². The Hall–Kier alpha value is -1.85. The van der Waals surface area contributed by atoms with Crippen LogP contribution in [0.1, 0.15) is 43.7 Å². The number of aromatic nitrogens is 2. The zero-order valence-electron chi connectivity index (χ0n) is 10.9. The van der Waals surface area contributed by atoms with Crippen molar-refractivity contribution < 1.29 is 14.7 Å². The Balaban J connectivity index is 2.57. The lowest BCUT2D eigenvalue weighted by atomic mass is 10.1. The minimum Gasteiger partial charge on any atom is -0.480 e. The fourth-order valence-corrected chi connectivity index (χ4v) is 1.35. The zero-order valence-corrected chi connectivity index (χ0v) is 10.9. The number of amides is 1. The highest BCUT2D eigenvalue weighted by molar-refractivity contribution is 5.92. The lowest BCUT2D eigenvalue weighted by Gasteiger charge is -2.06. The summed E-state index contributed by atoms with van der Waals surface area (Å²) in [5, 5.41) is 15.5. The molecular weight excluding hydrogens is 234 g/mol. The van der Waals surface area contributed by atoms with Crippen LogP contribution in [0.3, 0.4) is 0 Å². The number of nitrogens with zero attached hydrogens (tertiary/aromatic N) is 2. The smallest absolute Gasteiger partial charge is 0.328 e. The molecule has 1 rings (SSSR count). The van der Waals surface area contributed by atoms with Gasteiger partial charge in [-0.1, -0.05) is 13.8 Å². The van der Waals surface area contributed by atoms with E-state index in [0.717, 1.165) is 6.42 Å². The first-order valence-electron chi connectivity index (χ1n) is 5.98. The summed E-state index contributed by atoms with van der Waals surface area (Å²) >= 11 is 0. The van der Waals surface area contributed by atoms with Gasteiger partial charge in [-0.3, -0.25) is 9.48 Å². The molecule has 0 radical (unpaired) electrons. The van der Waals surface area contributed by atoms with Crippen molar-refractivity contribution in [1.82, 2.24) is 15.1 Å². The minimum absolute atomic E-state index is 0.242. The number of carboxylic acid groups (broad SMARTS) is 1. The third-order valence-electron chi connectivity index (χ3n) is 2.60. The quantitative estimate of drug-likeness (QED) is 0.800. The summed E-state index contributed by atoms with van der Waals surface area (Å²) < 4.78 is 1.26. The molecule has 0 fully saturated rings. The Morgan fingerprint density at radius 3 is 2.67 bits per heavy atom. The molecule has 2 N–H and O–H groups in total. The van der Waals surface area contributed by atoms with Crippen molar-refractivity contribution >= 4 is 11.9 Å². The number of rotatable bonds is 6. The van der Waals surface area contributed by atoms with Gasteiger partial charge in [0.15, 0.2) is 0 Å². The molecule has 1 amide bonds. The highest BCUT2D eigenvalue weighted by atomic mass is 16.4. The van der Waals surface area contributed by atoms with Gasteiger partial charge in [-0.05, 0) is 25.3 Å². The first-order chi connectivity index (χ1) is 8.41. The maximum atomic E-state index is 11.7. The number of aliphatic carboxylic acids is 1. The molecule has 0 aromatic carbocycles. The SMILES string of the molecule is CC(C)CCNC(=O)c1ccn(C(C)C(=O)O)n1. The van der Waals surface area contributed by atoms with E-state index in [1.54, 1.807) is 0 Å². The van der Waals surface area contributed by atoms with E-state index in [0.29, 0.717) is 12.5 Å². The molecule has 100 valence electrons. The van der Waals surface area contributed by atoms with Crippen molar-refractivity contribution in [3.8, 4) is 0 Å². The van der Waals surface area contributed by atoms with Crippen LogP contribution < -0.4 is 5.32 Å². The van der Waals surface area contributed by atoms with Crippen molar-refractivity contribution in [3.63, 3.8) is 0 Å². The summed E-state index contributed by atoms with van der Waals surface area (Å²) in [6.45, 7) is 6.26. The summed E-state index contributed by atoms with van der Waals surface area (Å²) in [4.78, 5) is 22.5. The van der Waals surface area contributed by atoms with Crippen LogP contribution in [0.25, 0.3) is 0 Å². The second kappa shape index (κ2) is 6.18. The number of carbonyl (C=O) groups excluding carboxylic acids is 1. The maximum absolute atomic E-state index is 11.7. The highest BCUT2D eigenvalue weighted by Gasteiger charge is 2.16. The molecule has 1 heterocycles. The summed E-state index contributed by atoms with van der Waals surface area (Å²) in [6, 6.07) is 0.742. The van der Waals surface area contributed by atoms with Gasteiger partial charge in [0, 0.05) is 12.7 Å². The Morgan fingerprint density at radius 1 is 1.44 bits per heavy atom. The fourth-order valence-electron chi connectivity index (χ4n) is 1.35. The molecule has 18 heavy (non-hydrogen) atoms. The topological polar surface area (TPSA) is 84.2 Å². The van der Waals surface area contributed by atoms with Crippen LogP contribution in [0.4, 0.5) is 0 Å². The third kappa shape index (κ3) is 3.87. The Morgan fingerprint density at radius 2 is 2.11 bits per heavy atom. The number of carboxylic acids is 1. The molecule has 0 bridgehead atoms. The zero-order chi connectivity index (χ0) is 13.7. The summed E-state index contributed by atoms with van der Waals surface area (Å²) in [5.41, 5.74) is 0.242. The van der Waals surface area contributed by atoms with E-state index in [9.17, 15) is 9.59 Å². The number of hydrogen-bond donors (Lipinski definition) is 2. The average Bonchev–Trinajstić information content (AvgIpc) is 2.76. The van der Waals surface area contributed by atoms with E-state index in [2.05, 4.69) is 24.3 Å². The lowest BCUT2D eigenvalue weighted by Crippen LogP contribution is -2.26. The first-order valence-corrected chi connectivity index (χ1v) is 5.98. The van der Waals surface area contributed by atoms with Gasteiger partial charge >= 0.3 is 5.97 Å². The van der Waals surface area contributed by atoms with Crippen LogP contribution in [-0.2, 0) is 4.79 Å². The maximum Gasteiger partial charge on any atom is 0.328 e. The second-order valence-corrected chi connectivity index (χ2v) is 4.63. The molecule has 0 spiro atoms. The summed E-state index contributed by atoms with van der Waals surface area (Å²) in [7, 11) is 0. The lowest BCUT2D eigenvalue weighted by molar-refractivity contribution is -0.140. The number of hydrogen-bond acceptors (Lipinski definition) is 3. The molecule has 0 saturated heterocycles. The average molecular weight is 253 g/mol. The van der Waals surface area contributed by atoms with Gasteiger partial charge in [0.05, 0.1) is 0 Å². The van der Waals surface area contributed by atoms with E-state index in [1.807, 2.05) is 0 Å². The van der Waals surface area contributed by atoms with Gasteiger partial charge in [0.1, 0.15) is 11.7 Å². The predicted octanol–water partition coefficient (Wildman–Crippen LogP) is 1.30. The van der Waals surface area contributed by atoms with Crippen LogP contribution >= 0.6 is 0 Å². The second-order valence-electron chi connectivity index (χ2n) is 4.63. The van der Waals surface area contributed by atoms with Gasteiger partial charge in [0.2, 0.25) is 0 Å². The van der Waals surface area contributed by atoms with Crippen molar-refractivity contribution in [2.24, 2.45) is 5.92 Å². The molecule has 0 aliphatic carbocycles. The molecular formula is C12H19N3O3. The molecule has 1 aromatic heterocycles. The predicted molar refractivity (Wildman–Crippen MR) is 66.4 cm³/mol. The molecule has 6 nitrogen and oxygen atoms in total. The van der Waals surface area contributed by atoms with Gasteiger partial charge in [0.25, 0.3) is 5.91 Å². The van der Waals surface area contributed by atoms with Gasteiger partial charge in [-0.15, -0.1) is 0 Å². The Labute approximate surface area is 106 Å². The van der Waals surface area contributed by atoms with E-state index in [-0.39, 0.29) is 11.6 Å². The van der Waals surface area contributed by atoms with E-state index in [4.69, 9.17) is 5.11 Å². The molecule has 6 heteroatoms. The van der Waals surface area contributed by atoms with Crippen molar-refractivity contribution in [2.45, 2.75) is 33.2 Å². The van der Waals surface area contributed by atoms with E-state index < -0.39 is 12.0 Å². The highest BCUT2D eigenvalue weighted by Crippen LogP contribution is 2.06. The van der Waals surface area contributed by atoms with Crippen LogP contribution in [-0.4, -0.2) is 33.3 Å². The third-order valence-corrected chi connectivity index (χ3v) is 2.60. The number of carbonyl (C=O) groups is 2. The van der Waals surface area contributed by atoms with Crippen molar-refractivity contribution in [2.75, 3.05) is 6.54 Å². The molecule has 0 saturated carbocycles. The van der Waals surface area contributed by atoms with Gasteiger partial charge in [-0.25, -0.2) is 4.79 Å². The van der Waals surface area contributed by atoms with E-state index in [1.165, 1.54) is 23.9 Å². The monoisotopic (exact) mass is 253 g/mol. The summed E-state index contributed by atoms with van der Waals surface area (Å²) in [6.07, 6.45) is 2.40. The molecule has 0 aliphatic heterocycles. The number of nitrogens with one attached hydrogen (secondary N) is 1. The van der Waals surface area contributed by atoms with Gasteiger partial charge in [-0.2, -0.15) is 5.10 Å². The molecule has 1 atom stereocenters. The Bertz CT molecular complexity index is 426. The normalized spacial score (nSPS) is 12.4. The largest absolute Gasteiger partial charge is 0.480 e. The fraction of sp³-hybridized carbons (Fsp3) is 0.583. The standard InChI is InChI=1S/C12H19N3O3/c1-8(2)4-6-13-11(16)10-5-7-15(14-10)9(3)12(17)18/h5,7-9H,4,6H2,1-3H3,(H,13,16)(H,17,18). The van der Waals surface area contributed by atoms with Crippen molar-refractivity contribution in [3.05, 3.63) is 18.0 Å². The van der Waals surface area contributed by atoms with Gasteiger partial charge < -0.3 is 10.4 Å². The molecule has 1 unspecified atom stereocenters. The van der Waals surface area contributed by atoms with Crippen molar-refractivity contribution in [1.29, 1.82) is 0 Å². The van der Waals surface area contributed by atoms with Crippen LogP contribution in [0.15, 0.2) is 12.3 Å². The molecule has 0 aliphatic rings.